The number of hydrogen-bond donors (Lipinski definition) is 2. The number of rotatable bonds is 15. The Morgan fingerprint density at radius 3 is 2.51 bits per heavy atom. The van der Waals surface area contributed by atoms with Gasteiger partial charge in [-0.05, 0) is 31.2 Å². The summed E-state index contributed by atoms with van der Waals surface area (Å²) < 4.78 is 20.5. The number of aromatic carboxylic acids is 1. The maximum absolute atomic E-state index is 12.1. The molecule has 1 heterocycles. The van der Waals surface area contributed by atoms with Gasteiger partial charge in [0.2, 0.25) is 6.41 Å². The number of aromatic nitrogens is 2. The Hall–Kier alpha value is -3.47. The Kier molecular flexibility index (Phi) is 9.59. The van der Waals surface area contributed by atoms with Crippen LogP contribution in [0.3, 0.4) is 0 Å². The number of benzene rings is 2. The Bertz CT molecular complexity index is 1150. The third-order valence-corrected chi connectivity index (χ3v) is 5.65. The van der Waals surface area contributed by atoms with Crippen molar-refractivity contribution >= 4 is 29.1 Å². The number of anilines is 1. The van der Waals surface area contributed by atoms with Crippen LogP contribution in [0, 0.1) is 0 Å². The molecule has 0 fully saturated rings. The molecular formula is C25H32N3O7+. The predicted octanol–water partition coefficient (Wildman–Crippen LogP) is 1.84. The van der Waals surface area contributed by atoms with E-state index in [2.05, 4.69) is 9.13 Å². The standard InChI is InChI=1S/C25H31N3O7/c1-3-27-23-16-19(33-2)8-9-22(23)28(10-12-34-14-15-35-13-11-29)24(27)17-26(18-30)21-7-5-4-6-20(21)25(31)32/h4-9,16,18,29H,3,10-15,17H2,1-2H3/p+1. The van der Waals surface area contributed by atoms with Crippen molar-refractivity contribution in [3.8, 4) is 5.75 Å². The van der Waals surface area contributed by atoms with E-state index in [1.165, 1.54) is 11.0 Å². The highest BCUT2D eigenvalue weighted by molar-refractivity contribution is 5.97. The van der Waals surface area contributed by atoms with E-state index in [1.807, 2.05) is 25.1 Å². The molecule has 35 heavy (non-hydrogen) atoms. The van der Waals surface area contributed by atoms with Gasteiger partial charge in [0.15, 0.2) is 11.0 Å². The van der Waals surface area contributed by atoms with Crippen LogP contribution in [0.25, 0.3) is 11.0 Å². The zero-order chi connectivity index (χ0) is 25.2. The van der Waals surface area contributed by atoms with Gasteiger partial charge in [0.1, 0.15) is 18.8 Å². The summed E-state index contributed by atoms with van der Waals surface area (Å²) in [7, 11) is 1.61. The largest absolute Gasteiger partial charge is 0.497 e. The first-order valence-electron chi connectivity index (χ1n) is 11.4. The minimum Gasteiger partial charge on any atom is -0.497 e. The molecule has 1 amide bonds. The second kappa shape index (κ2) is 12.8. The minimum atomic E-state index is -1.10. The number of aryl methyl sites for hydroxylation is 1. The van der Waals surface area contributed by atoms with Gasteiger partial charge in [-0.3, -0.25) is 4.79 Å². The monoisotopic (exact) mass is 486 g/mol. The van der Waals surface area contributed by atoms with E-state index in [0.717, 1.165) is 16.9 Å². The third-order valence-electron chi connectivity index (χ3n) is 5.65. The van der Waals surface area contributed by atoms with E-state index in [0.29, 0.717) is 50.8 Å². The highest BCUT2D eigenvalue weighted by Gasteiger charge is 2.28. The van der Waals surface area contributed by atoms with Gasteiger partial charge >= 0.3 is 5.97 Å². The molecule has 0 radical (unpaired) electrons. The number of carboxylic acids is 1. The maximum atomic E-state index is 12.1. The van der Waals surface area contributed by atoms with E-state index in [1.54, 1.807) is 25.3 Å². The van der Waals surface area contributed by atoms with Crippen LogP contribution >= 0.6 is 0 Å². The minimum absolute atomic E-state index is 0.0303. The van der Waals surface area contributed by atoms with Crippen LogP contribution < -0.4 is 14.2 Å². The van der Waals surface area contributed by atoms with Crippen molar-refractivity contribution in [1.29, 1.82) is 0 Å². The van der Waals surface area contributed by atoms with Gasteiger partial charge in [-0.2, -0.15) is 0 Å². The smallest absolute Gasteiger partial charge is 0.337 e. The molecule has 0 aliphatic heterocycles. The summed E-state index contributed by atoms with van der Waals surface area (Å²) in [4.78, 5) is 25.3. The van der Waals surface area contributed by atoms with Gasteiger partial charge in [-0.25, -0.2) is 13.9 Å². The zero-order valence-corrected chi connectivity index (χ0v) is 20.1. The molecule has 10 heteroatoms. The van der Waals surface area contributed by atoms with Gasteiger partial charge in [0.05, 0.1) is 57.9 Å². The van der Waals surface area contributed by atoms with Crippen LogP contribution in [0.15, 0.2) is 42.5 Å². The van der Waals surface area contributed by atoms with Crippen molar-refractivity contribution in [2.45, 2.75) is 26.6 Å². The summed E-state index contributed by atoms with van der Waals surface area (Å²) in [5, 5.41) is 18.4. The number of aliphatic hydroxyl groups is 1. The quantitative estimate of drug-likeness (QED) is 0.191. The van der Waals surface area contributed by atoms with E-state index >= 15 is 0 Å². The average molecular weight is 487 g/mol. The molecule has 10 nitrogen and oxygen atoms in total. The van der Waals surface area contributed by atoms with Crippen molar-refractivity contribution in [2.75, 3.05) is 45.0 Å². The number of carbonyl (C=O) groups excluding carboxylic acids is 1. The number of aliphatic hydroxyl groups excluding tert-OH is 1. The number of nitrogens with zero attached hydrogens (tertiary/aromatic N) is 3. The average Bonchev–Trinajstić information content (AvgIpc) is 3.17. The normalized spacial score (nSPS) is 11.1. The number of hydrogen-bond acceptors (Lipinski definition) is 6. The van der Waals surface area contributed by atoms with Gasteiger partial charge in [-0.1, -0.05) is 12.1 Å². The lowest BCUT2D eigenvalue weighted by Crippen LogP contribution is -2.43. The lowest BCUT2D eigenvalue weighted by molar-refractivity contribution is -0.681. The van der Waals surface area contributed by atoms with Crippen LogP contribution in [0.5, 0.6) is 5.75 Å². The van der Waals surface area contributed by atoms with Crippen LogP contribution in [0.1, 0.15) is 23.1 Å². The second-order valence-corrected chi connectivity index (χ2v) is 7.67. The lowest BCUT2D eigenvalue weighted by atomic mass is 10.1. The van der Waals surface area contributed by atoms with E-state index < -0.39 is 5.97 Å². The molecule has 188 valence electrons. The number of fused-ring (bicyclic) bond motifs is 1. The fourth-order valence-corrected chi connectivity index (χ4v) is 4.05. The molecule has 0 saturated carbocycles. The number of methoxy groups -OCH3 is 1. The van der Waals surface area contributed by atoms with Crippen molar-refractivity contribution in [3.63, 3.8) is 0 Å². The van der Waals surface area contributed by atoms with Crippen LogP contribution in [-0.4, -0.2) is 67.3 Å². The Morgan fingerprint density at radius 2 is 1.86 bits per heavy atom. The summed E-state index contributed by atoms with van der Waals surface area (Å²) in [5.74, 6) is 0.435. The number of carboxylic acid groups (broad SMARTS) is 1. The first-order valence-corrected chi connectivity index (χ1v) is 11.4. The molecule has 3 aromatic rings. The van der Waals surface area contributed by atoms with E-state index in [9.17, 15) is 14.7 Å². The van der Waals surface area contributed by atoms with Crippen molar-refractivity contribution < 1.29 is 38.6 Å². The van der Waals surface area contributed by atoms with Crippen LogP contribution in [0.4, 0.5) is 5.69 Å². The fraction of sp³-hybridized carbons (Fsp3) is 0.400. The topological polar surface area (TPSA) is 114 Å². The summed E-state index contributed by atoms with van der Waals surface area (Å²) in [6.07, 6.45) is 0.652. The number of ether oxygens (including phenoxy) is 3. The zero-order valence-electron chi connectivity index (χ0n) is 20.1. The third kappa shape index (κ3) is 6.16. The molecule has 0 unspecified atom stereocenters. The van der Waals surface area contributed by atoms with Gasteiger partial charge < -0.3 is 29.3 Å². The fourth-order valence-electron chi connectivity index (χ4n) is 4.05. The molecule has 1 aromatic heterocycles. The SMILES string of the molecule is CCn1c(CN(C=O)c2ccccc2C(=O)O)[n+](CCOCCOCCO)c2ccc(OC)cc21. The second-order valence-electron chi connectivity index (χ2n) is 7.67. The maximum Gasteiger partial charge on any atom is 0.337 e. The van der Waals surface area contributed by atoms with Crippen LogP contribution in [0.2, 0.25) is 0 Å². The van der Waals surface area contributed by atoms with Gasteiger partial charge in [0, 0.05) is 6.07 Å². The van der Waals surface area contributed by atoms with Gasteiger partial charge in [0.25, 0.3) is 5.82 Å². The van der Waals surface area contributed by atoms with Crippen LogP contribution in [-0.2, 0) is 33.9 Å². The first-order chi connectivity index (χ1) is 17.0. The van der Waals surface area contributed by atoms with Crippen molar-refractivity contribution in [1.82, 2.24) is 4.57 Å². The molecule has 0 aliphatic rings. The number of amides is 1. The molecule has 2 aromatic carbocycles. The van der Waals surface area contributed by atoms with Crippen molar-refractivity contribution in [3.05, 3.63) is 53.9 Å². The molecular weight excluding hydrogens is 454 g/mol. The number of imidazole rings is 1. The molecule has 0 aliphatic carbocycles. The Morgan fingerprint density at radius 1 is 1.11 bits per heavy atom. The summed E-state index contributed by atoms with van der Waals surface area (Å²) in [6.45, 7) is 4.75. The Balaban J connectivity index is 1.96. The summed E-state index contributed by atoms with van der Waals surface area (Å²) in [5.41, 5.74) is 2.26. The van der Waals surface area contributed by atoms with Crippen molar-refractivity contribution in [2.24, 2.45) is 0 Å². The van der Waals surface area contributed by atoms with E-state index in [4.69, 9.17) is 19.3 Å². The summed E-state index contributed by atoms with van der Waals surface area (Å²) >= 11 is 0. The summed E-state index contributed by atoms with van der Waals surface area (Å²) in [6, 6.07) is 12.2. The first kappa shape index (κ1) is 26.1. The molecule has 2 N–H and O–H groups in total. The highest BCUT2D eigenvalue weighted by atomic mass is 16.5. The predicted molar refractivity (Wildman–Crippen MR) is 129 cm³/mol. The lowest BCUT2D eigenvalue weighted by Gasteiger charge is -2.18. The van der Waals surface area contributed by atoms with Gasteiger partial charge in [-0.15, -0.1) is 0 Å². The molecule has 0 spiro atoms. The number of para-hydroxylation sites is 1. The molecule has 0 bridgehead atoms. The Labute approximate surface area is 203 Å². The molecule has 0 atom stereocenters. The molecule has 3 rings (SSSR count). The number of carbonyl (C=O) groups is 2. The van der Waals surface area contributed by atoms with E-state index in [-0.39, 0.29) is 25.3 Å². The molecule has 0 saturated heterocycles. The highest BCUT2D eigenvalue weighted by Crippen LogP contribution is 2.25.